The van der Waals surface area contributed by atoms with Crippen molar-refractivity contribution in [3.63, 3.8) is 0 Å². The van der Waals surface area contributed by atoms with Crippen molar-refractivity contribution < 1.29 is 14.3 Å². The van der Waals surface area contributed by atoms with Crippen LogP contribution < -0.4 is 0 Å². The van der Waals surface area contributed by atoms with Gasteiger partial charge in [-0.25, -0.2) is 9.50 Å². The van der Waals surface area contributed by atoms with Crippen LogP contribution >= 0.6 is 0 Å². The number of amides is 1. The van der Waals surface area contributed by atoms with Crippen LogP contribution in [-0.2, 0) is 9.47 Å². The first kappa shape index (κ1) is 19.3. The molecular formula is C20H29N5O3. The van der Waals surface area contributed by atoms with Crippen molar-refractivity contribution in [2.45, 2.75) is 24.9 Å². The highest BCUT2D eigenvalue weighted by molar-refractivity contribution is 5.99. The summed E-state index contributed by atoms with van der Waals surface area (Å²) in [6, 6.07) is 1.81. The molecule has 0 saturated carbocycles. The highest BCUT2D eigenvalue weighted by atomic mass is 16.5. The summed E-state index contributed by atoms with van der Waals surface area (Å²) in [5.41, 5.74) is 0.959. The summed E-state index contributed by atoms with van der Waals surface area (Å²) in [7, 11) is 3.85. The second kappa shape index (κ2) is 8.14. The van der Waals surface area contributed by atoms with Gasteiger partial charge in [-0.15, -0.1) is 0 Å². The summed E-state index contributed by atoms with van der Waals surface area (Å²) in [5.74, 6) is 0.493. The number of likely N-dealkylation sites (N-methyl/N-ethyl adjacent to an activating group) is 1. The Hall–Kier alpha value is -2.03. The van der Waals surface area contributed by atoms with Gasteiger partial charge in [-0.1, -0.05) is 0 Å². The van der Waals surface area contributed by atoms with Gasteiger partial charge in [0.1, 0.15) is 5.56 Å². The van der Waals surface area contributed by atoms with Gasteiger partial charge in [0.25, 0.3) is 5.91 Å². The molecule has 2 aromatic heterocycles. The van der Waals surface area contributed by atoms with E-state index in [1.54, 1.807) is 30.1 Å². The molecule has 1 spiro atoms. The smallest absolute Gasteiger partial charge is 0.259 e. The summed E-state index contributed by atoms with van der Waals surface area (Å²) < 4.78 is 13.1. The minimum absolute atomic E-state index is 0.00274. The minimum atomic E-state index is -0.211. The molecule has 2 aliphatic rings. The second-order valence-electron chi connectivity index (χ2n) is 8.10. The molecule has 28 heavy (non-hydrogen) atoms. The van der Waals surface area contributed by atoms with Crippen LogP contribution in [0.1, 0.15) is 29.6 Å². The molecule has 0 N–H and O–H groups in total. The number of rotatable bonds is 6. The Morgan fingerprint density at radius 3 is 3.25 bits per heavy atom. The summed E-state index contributed by atoms with van der Waals surface area (Å²) in [4.78, 5) is 21.7. The van der Waals surface area contributed by atoms with E-state index in [1.807, 2.05) is 11.1 Å². The number of ether oxygens (including phenoxy) is 2. The molecule has 152 valence electrons. The Bertz CT molecular complexity index is 825. The fourth-order valence-electron chi connectivity index (χ4n) is 4.54. The van der Waals surface area contributed by atoms with Crippen molar-refractivity contribution in [1.29, 1.82) is 0 Å². The van der Waals surface area contributed by atoms with E-state index >= 15 is 0 Å². The number of aromatic nitrogens is 3. The average Bonchev–Trinajstić information content (AvgIpc) is 3.30. The van der Waals surface area contributed by atoms with Crippen molar-refractivity contribution in [2.75, 3.05) is 53.6 Å². The molecule has 2 atom stereocenters. The van der Waals surface area contributed by atoms with E-state index in [1.165, 1.54) is 0 Å². The summed E-state index contributed by atoms with van der Waals surface area (Å²) in [6.45, 7) is 4.83. The molecule has 8 nitrogen and oxygen atoms in total. The Kier molecular flexibility index (Phi) is 5.61. The van der Waals surface area contributed by atoms with Gasteiger partial charge in [0.15, 0.2) is 5.65 Å². The maximum absolute atomic E-state index is 13.1. The third-order valence-corrected chi connectivity index (χ3v) is 5.87. The van der Waals surface area contributed by atoms with Crippen molar-refractivity contribution in [1.82, 2.24) is 24.4 Å². The largest absolute Gasteiger partial charge is 0.383 e. The van der Waals surface area contributed by atoms with Crippen molar-refractivity contribution in [3.8, 4) is 0 Å². The Balaban J connectivity index is 1.41. The lowest BCUT2D eigenvalue weighted by Gasteiger charge is -2.39. The summed E-state index contributed by atoms with van der Waals surface area (Å²) in [6.07, 6.45) is 8.10. The van der Waals surface area contributed by atoms with Crippen LogP contribution in [0.2, 0.25) is 0 Å². The number of fused-ring (bicyclic) bond motifs is 1. The van der Waals surface area contributed by atoms with E-state index in [0.29, 0.717) is 23.7 Å². The molecule has 0 unspecified atom stereocenters. The van der Waals surface area contributed by atoms with Crippen LogP contribution in [0.4, 0.5) is 0 Å². The van der Waals surface area contributed by atoms with Gasteiger partial charge < -0.3 is 19.3 Å². The van der Waals surface area contributed by atoms with Crippen LogP contribution in [0.3, 0.4) is 0 Å². The SMILES string of the molecule is COCCN(C)C[C@H]1CO[C@]2(CCCN(C(=O)c3cnn4cccnc34)C2)C1. The van der Waals surface area contributed by atoms with E-state index in [-0.39, 0.29) is 11.5 Å². The van der Waals surface area contributed by atoms with Crippen LogP contribution in [0, 0.1) is 5.92 Å². The van der Waals surface area contributed by atoms with Crippen LogP contribution in [-0.4, -0.2) is 89.5 Å². The third kappa shape index (κ3) is 3.90. The lowest BCUT2D eigenvalue weighted by atomic mass is 9.86. The second-order valence-corrected chi connectivity index (χ2v) is 8.10. The van der Waals surface area contributed by atoms with Crippen LogP contribution in [0.5, 0.6) is 0 Å². The highest BCUT2D eigenvalue weighted by Gasteiger charge is 2.44. The first-order valence-electron chi connectivity index (χ1n) is 9.99. The summed E-state index contributed by atoms with van der Waals surface area (Å²) >= 11 is 0. The molecule has 2 aromatic rings. The molecule has 1 amide bonds. The molecule has 0 bridgehead atoms. The zero-order chi connectivity index (χ0) is 19.6. The van der Waals surface area contributed by atoms with Crippen molar-refractivity contribution in [3.05, 3.63) is 30.2 Å². The van der Waals surface area contributed by atoms with Gasteiger partial charge in [-0.05, 0) is 38.3 Å². The van der Waals surface area contributed by atoms with E-state index in [9.17, 15) is 4.79 Å². The molecular weight excluding hydrogens is 358 g/mol. The molecule has 2 aliphatic heterocycles. The Labute approximate surface area is 165 Å². The van der Waals surface area contributed by atoms with E-state index in [2.05, 4.69) is 22.0 Å². The monoisotopic (exact) mass is 387 g/mol. The van der Waals surface area contributed by atoms with Crippen molar-refractivity contribution >= 4 is 11.6 Å². The Morgan fingerprint density at radius 2 is 2.39 bits per heavy atom. The van der Waals surface area contributed by atoms with Gasteiger partial charge >= 0.3 is 0 Å². The van der Waals surface area contributed by atoms with E-state index < -0.39 is 0 Å². The van der Waals surface area contributed by atoms with Gasteiger partial charge in [-0.2, -0.15) is 5.10 Å². The number of nitrogens with zero attached hydrogens (tertiary/aromatic N) is 5. The van der Waals surface area contributed by atoms with Gasteiger partial charge in [0, 0.05) is 45.7 Å². The number of methoxy groups -OCH3 is 1. The predicted octanol–water partition coefficient (Wildman–Crippen LogP) is 1.32. The molecule has 0 radical (unpaired) electrons. The molecule has 4 rings (SSSR count). The zero-order valence-corrected chi connectivity index (χ0v) is 16.7. The highest BCUT2D eigenvalue weighted by Crippen LogP contribution is 2.38. The van der Waals surface area contributed by atoms with Crippen molar-refractivity contribution in [2.24, 2.45) is 5.92 Å². The van der Waals surface area contributed by atoms with E-state index in [0.717, 1.165) is 52.1 Å². The van der Waals surface area contributed by atoms with Gasteiger partial charge in [0.05, 0.1) is 25.0 Å². The molecule has 4 heterocycles. The maximum atomic E-state index is 13.1. The van der Waals surface area contributed by atoms with E-state index in [4.69, 9.17) is 9.47 Å². The first-order chi connectivity index (χ1) is 13.6. The lowest BCUT2D eigenvalue weighted by molar-refractivity contribution is -0.0450. The fourth-order valence-corrected chi connectivity index (χ4v) is 4.54. The molecule has 2 fully saturated rings. The lowest BCUT2D eigenvalue weighted by Crippen LogP contribution is -2.50. The topological polar surface area (TPSA) is 72.2 Å². The normalized spacial score (nSPS) is 25.2. The molecule has 2 saturated heterocycles. The van der Waals surface area contributed by atoms with Crippen LogP contribution in [0.25, 0.3) is 5.65 Å². The third-order valence-electron chi connectivity index (χ3n) is 5.87. The molecule has 0 aliphatic carbocycles. The number of carbonyl (C=O) groups is 1. The first-order valence-corrected chi connectivity index (χ1v) is 9.99. The Morgan fingerprint density at radius 1 is 1.50 bits per heavy atom. The molecule has 8 heteroatoms. The number of hydrogen-bond acceptors (Lipinski definition) is 6. The molecule has 0 aromatic carbocycles. The van der Waals surface area contributed by atoms with Crippen LogP contribution in [0.15, 0.2) is 24.7 Å². The standard InChI is InChI=1S/C20H29N5O3/c1-23(9-10-27-2)13-16-11-20(28-14-16)5-3-7-24(15-20)19(26)17-12-22-25-8-4-6-21-18(17)25/h4,6,8,12,16H,3,5,7,9-11,13-15H2,1-2H3/t16-,20+/m0/s1. The number of likely N-dealkylation sites (tertiary alicyclic amines) is 1. The number of piperidine rings is 1. The van der Waals surface area contributed by atoms with Gasteiger partial charge in [-0.3, -0.25) is 4.79 Å². The maximum Gasteiger partial charge on any atom is 0.259 e. The zero-order valence-electron chi connectivity index (χ0n) is 16.7. The number of hydrogen-bond donors (Lipinski definition) is 0. The summed E-state index contributed by atoms with van der Waals surface area (Å²) in [5, 5.41) is 4.25. The van der Waals surface area contributed by atoms with Gasteiger partial charge in [0.2, 0.25) is 0 Å². The minimum Gasteiger partial charge on any atom is -0.383 e. The number of carbonyl (C=O) groups excluding carboxylic acids is 1. The fraction of sp³-hybridized carbons (Fsp3) is 0.650. The predicted molar refractivity (Wildman–Crippen MR) is 104 cm³/mol. The average molecular weight is 387 g/mol. The quantitative estimate of drug-likeness (QED) is 0.744.